The van der Waals surface area contributed by atoms with Gasteiger partial charge in [0.05, 0.1) is 22.4 Å². The SMILES string of the molecule is C=NC(=N/C(=N\Cn1c2ccccc2c2ccc3c(c21)N(c1ccccc1)c1ccccc1-c1ccccc1-3)c1ccccc1)c1ccccc1. The number of nitrogens with zero attached hydrogens (tertiary/aromatic N) is 5. The maximum Gasteiger partial charge on any atom is 0.161 e. The molecule has 5 heteroatoms. The average molecular weight is 656 g/mol. The lowest BCUT2D eigenvalue weighted by Crippen LogP contribution is -2.13. The highest BCUT2D eigenvalue weighted by Gasteiger charge is 2.29. The van der Waals surface area contributed by atoms with Crippen LogP contribution >= 0.6 is 0 Å². The molecule has 1 aliphatic heterocycles. The highest BCUT2D eigenvalue weighted by molar-refractivity contribution is 6.18. The summed E-state index contributed by atoms with van der Waals surface area (Å²) in [4.78, 5) is 17.1. The third kappa shape index (κ3) is 5.23. The van der Waals surface area contributed by atoms with E-state index in [0.717, 1.165) is 44.8 Å². The zero-order valence-corrected chi connectivity index (χ0v) is 27.9. The third-order valence-electron chi connectivity index (χ3n) is 9.58. The molecule has 0 atom stereocenters. The highest BCUT2D eigenvalue weighted by Crippen LogP contribution is 2.53. The lowest BCUT2D eigenvalue weighted by atomic mass is 9.94. The lowest BCUT2D eigenvalue weighted by Gasteiger charge is -2.28. The van der Waals surface area contributed by atoms with Gasteiger partial charge in [-0.25, -0.2) is 15.0 Å². The van der Waals surface area contributed by atoms with Crippen LogP contribution in [0.3, 0.4) is 0 Å². The summed E-state index contributed by atoms with van der Waals surface area (Å²) >= 11 is 0. The summed E-state index contributed by atoms with van der Waals surface area (Å²) in [5.74, 6) is 1.11. The molecule has 0 N–H and O–H groups in total. The Bertz CT molecular complexity index is 2620. The van der Waals surface area contributed by atoms with Crippen LogP contribution in [0.25, 0.3) is 44.1 Å². The van der Waals surface area contributed by atoms with Crippen molar-refractivity contribution in [1.29, 1.82) is 0 Å². The van der Waals surface area contributed by atoms with Crippen molar-refractivity contribution in [2.24, 2.45) is 15.0 Å². The van der Waals surface area contributed by atoms with Crippen molar-refractivity contribution in [1.82, 2.24) is 4.57 Å². The van der Waals surface area contributed by atoms with Gasteiger partial charge in [0.15, 0.2) is 11.7 Å². The van der Waals surface area contributed by atoms with Crippen molar-refractivity contribution < 1.29 is 0 Å². The van der Waals surface area contributed by atoms with E-state index in [9.17, 15) is 0 Å². The fourth-order valence-corrected chi connectivity index (χ4v) is 7.33. The summed E-state index contributed by atoms with van der Waals surface area (Å²) in [6.45, 7) is 4.19. The van der Waals surface area contributed by atoms with Crippen LogP contribution in [0.4, 0.5) is 17.1 Å². The van der Waals surface area contributed by atoms with Gasteiger partial charge < -0.3 is 9.47 Å². The molecule has 2 heterocycles. The molecule has 5 nitrogen and oxygen atoms in total. The summed E-state index contributed by atoms with van der Waals surface area (Å²) in [6, 6.07) is 61.3. The van der Waals surface area contributed by atoms with E-state index in [1.165, 1.54) is 27.5 Å². The van der Waals surface area contributed by atoms with Gasteiger partial charge in [0.25, 0.3) is 0 Å². The van der Waals surface area contributed by atoms with Crippen LogP contribution in [0, 0.1) is 0 Å². The molecule has 0 bridgehead atoms. The van der Waals surface area contributed by atoms with Gasteiger partial charge in [-0.05, 0) is 42.1 Å². The van der Waals surface area contributed by atoms with Crippen molar-refractivity contribution >= 4 is 57.3 Å². The van der Waals surface area contributed by atoms with Gasteiger partial charge in [0, 0.05) is 38.7 Å². The molecule has 242 valence electrons. The molecular weight excluding hydrogens is 623 g/mol. The minimum atomic E-state index is 0.333. The van der Waals surface area contributed by atoms with E-state index in [1.807, 2.05) is 60.7 Å². The average Bonchev–Trinajstić information content (AvgIpc) is 3.46. The Hall–Kier alpha value is -6.85. The predicted octanol–water partition coefficient (Wildman–Crippen LogP) is 11.5. The van der Waals surface area contributed by atoms with Crippen LogP contribution in [-0.2, 0) is 6.67 Å². The largest absolute Gasteiger partial charge is 0.318 e. The van der Waals surface area contributed by atoms with Gasteiger partial charge in [-0.2, -0.15) is 0 Å². The fourth-order valence-electron chi connectivity index (χ4n) is 7.33. The van der Waals surface area contributed by atoms with Gasteiger partial charge in [0.1, 0.15) is 6.67 Å². The van der Waals surface area contributed by atoms with Crippen LogP contribution in [0.2, 0.25) is 0 Å². The van der Waals surface area contributed by atoms with Crippen LogP contribution in [0.5, 0.6) is 0 Å². The summed E-state index contributed by atoms with van der Waals surface area (Å²) in [7, 11) is 0. The van der Waals surface area contributed by atoms with Crippen molar-refractivity contribution in [2.45, 2.75) is 6.67 Å². The second kappa shape index (κ2) is 12.9. The molecule has 0 radical (unpaired) electrons. The van der Waals surface area contributed by atoms with E-state index in [0.29, 0.717) is 18.3 Å². The summed E-state index contributed by atoms with van der Waals surface area (Å²) in [5.41, 5.74) is 12.1. The van der Waals surface area contributed by atoms with Crippen molar-refractivity contribution in [2.75, 3.05) is 4.90 Å². The fraction of sp³-hybridized carbons (Fsp3) is 0.0217. The lowest BCUT2D eigenvalue weighted by molar-refractivity contribution is 0.791. The molecule has 1 aliphatic rings. The second-order valence-corrected chi connectivity index (χ2v) is 12.5. The zero-order chi connectivity index (χ0) is 34.1. The number of anilines is 3. The molecular formula is C46H33N5. The van der Waals surface area contributed by atoms with Crippen molar-refractivity contribution in [3.8, 4) is 22.3 Å². The van der Waals surface area contributed by atoms with Crippen LogP contribution in [0.15, 0.2) is 191 Å². The number of aliphatic imine (C=N–C) groups is 3. The summed E-state index contributed by atoms with van der Waals surface area (Å²) in [6.07, 6.45) is 0. The van der Waals surface area contributed by atoms with Gasteiger partial charge in [-0.1, -0.05) is 152 Å². The molecule has 0 unspecified atom stereocenters. The van der Waals surface area contributed by atoms with Crippen molar-refractivity contribution in [3.05, 3.63) is 187 Å². The third-order valence-corrected chi connectivity index (χ3v) is 9.58. The Morgan fingerprint density at radius 3 is 1.76 bits per heavy atom. The van der Waals surface area contributed by atoms with Crippen LogP contribution in [0.1, 0.15) is 11.1 Å². The number of hydrogen-bond acceptors (Lipinski definition) is 2. The normalized spacial score (nSPS) is 12.7. The first-order valence-electron chi connectivity index (χ1n) is 17.1. The predicted molar refractivity (Wildman–Crippen MR) is 214 cm³/mol. The number of fused-ring (bicyclic) bond motifs is 9. The molecule has 7 aromatic carbocycles. The van der Waals surface area contributed by atoms with E-state index in [4.69, 9.17) is 9.98 Å². The minimum absolute atomic E-state index is 0.333. The Kier molecular flexibility index (Phi) is 7.63. The number of benzene rings is 7. The van der Waals surface area contributed by atoms with Crippen LogP contribution < -0.4 is 4.90 Å². The maximum atomic E-state index is 5.29. The molecule has 0 saturated carbocycles. The Labute approximate surface area is 296 Å². The minimum Gasteiger partial charge on any atom is -0.318 e. The van der Waals surface area contributed by atoms with E-state index in [1.54, 1.807) is 0 Å². The first-order chi connectivity index (χ1) is 25.3. The molecule has 8 aromatic rings. The number of hydrogen-bond donors (Lipinski definition) is 0. The number of aromatic nitrogens is 1. The molecule has 0 saturated heterocycles. The molecule has 51 heavy (non-hydrogen) atoms. The smallest absolute Gasteiger partial charge is 0.161 e. The second-order valence-electron chi connectivity index (χ2n) is 12.5. The Morgan fingerprint density at radius 2 is 1.06 bits per heavy atom. The van der Waals surface area contributed by atoms with Crippen molar-refractivity contribution in [3.63, 3.8) is 0 Å². The van der Waals surface area contributed by atoms with E-state index < -0.39 is 0 Å². The Morgan fingerprint density at radius 1 is 0.490 bits per heavy atom. The first kappa shape index (κ1) is 30.2. The summed E-state index contributed by atoms with van der Waals surface area (Å²) in [5, 5.41) is 2.34. The number of rotatable bonds is 5. The number of para-hydroxylation sites is 3. The van der Waals surface area contributed by atoms with Gasteiger partial charge in [-0.15, -0.1) is 0 Å². The van der Waals surface area contributed by atoms with Gasteiger partial charge >= 0.3 is 0 Å². The van der Waals surface area contributed by atoms with Crippen LogP contribution in [-0.4, -0.2) is 23.0 Å². The van der Waals surface area contributed by atoms with E-state index >= 15 is 0 Å². The maximum absolute atomic E-state index is 5.29. The van der Waals surface area contributed by atoms with E-state index in [-0.39, 0.29) is 0 Å². The zero-order valence-electron chi connectivity index (χ0n) is 27.9. The molecule has 0 fully saturated rings. The highest BCUT2D eigenvalue weighted by atomic mass is 15.2. The molecule has 0 aliphatic carbocycles. The van der Waals surface area contributed by atoms with Gasteiger partial charge in [-0.3, -0.25) is 0 Å². The first-order valence-corrected chi connectivity index (χ1v) is 17.1. The molecule has 0 amide bonds. The Balaban J connectivity index is 1.35. The molecule has 9 rings (SSSR count). The standard InChI is InChI=1S/C46H33N5/c1-47-45(32-17-5-2-6-18-32)49-46(33-19-7-3-8-20-33)48-31-50-41-27-15-13-26-38(41)40-30-29-39-36-24-12-11-23-35(36)37-25-14-16-28-42(37)51(44(39)43(40)50)34-21-9-4-10-22-34/h2-30H,1,31H2/b48-46-,49-45?. The van der Waals surface area contributed by atoms with Gasteiger partial charge in [0.2, 0.25) is 0 Å². The number of amidine groups is 2. The molecule has 0 spiro atoms. The molecule has 1 aromatic heterocycles. The topological polar surface area (TPSA) is 45.2 Å². The quantitative estimate of drug-likeness (QED) is 0.134. The summed E-state index contributed by atoms with van der Waals surface area (Å²) < 4.78 is 2.35. The van der Waals surface area contributed by atoms with E-state index in [2.05, 4.69) is 136 Å². The monoisotopic (exact) mass is 655 g/mol.